The Hall–Kier alpha value is -2.12. The van der Waals surface area contributed by atoms with E-state index in [4.69, 9.17) is 0 Å². The fraction of sp³-hybridized carbons (Fsp3) is 0.500. The number of aryl methyl sites for hydroxylation is 1. The van der Waals surface area contributed by atoms with Crippen LogP contribution in [0, 0.1) is 0 Å². The van der Waals surface area contributed by atoms with Crippen LogP contribution in [0.2, 0.25) is 0 Å². The number of fused-ring (bicyclic) bond motifs is 2. The summed E-state index contributed by atoms with van der Waals surface area (Å²) >= 11 is 0. The molecule has 2 saturated heterocycles. The summed E-state index contributed by atoms with van der Waals surface area (Å²) in [7, 11) is 1.74. The molecule has 4 amide bonds. The number of rotatable bonds is 3. The maximum atomic E-state index is 13.0. The van der Waals surface area contributed by atoms with Crippen molar-refractivity contribution in [3.05, 3.63) is 35.4 Å². The Kier molecular flexibility index (Phi) is 4.94. The minimum atomic E-state index is -0.999. The van der Waals surface area contributed by atoms with Gasteiger partial charge >= 0.3 is 6.03 Å². The summed E-state index contributed by atoms with van der Waals surface area (Å²) in [5.41, 5.74) is 0.941. The molecule has 7 nitrogen and oxygen atoms in total. The normalized spacial score (nSPS) is 26.7. The molecule has 0 saturated carbocycles. The lowest BCUT2D eigenvalue weighted by Crippen LogP contribution is -2.47. The summed E-state index contributed by atoms with van der Waals surface area (Å²) in [4.78, 5) is 40.8. The van der Waals surface area contributed by atoms with Crippen LogP contribution in [0.15, 0.2) is 24.3 Å². The van der Waals surface area contributed by atoms with Crippen LogP contribution in [0.5, 0.6) is 0 Å². The first-order valence-corrected chi connectivity index (χ1v) is 8.72. The molecule has 8 heteroatoms. The molecule has 26 heavy (non-hydrogen) atoms. The van der Waals surface area contributed by atoms with Gasteiger partial charge in [-0.3, -0.25) is 14.5 Å². The van der Waals surface area contributed by atoms with Crippen molar-refractivity contribution in [1.82, 2.24) is 20.4 Å². The maximum Gasteiger partial charge on any atom is 0.325 e. The first kappa shape index (κ1) is 18.7. The van der Waals surface area contributed by atoms with Crippen LogP contribution in [-0.2, 0) is 21.5 Å². The number of imide groups is 1. The van der Waals surface area contributed by atoms with Crippen molar-refractivity contribution in [3.63, 3.8) is 0 Å². The summed E-state index contributed by atoms with van der Waals surface area (Å²) in [6, 6.07) is 7.33. The van der Waals surface area contributed by atoms with Crippen molar-refractivity contribution in [3.8, 4) is 0 Å². The smallest absolute Gasteiger partial charge is 0.325 e. The number of amides is 4. The van der Waals surface area contributed by atoms with Gasteiger partial charge in [-0.2, -0.15) is 0 Å². The average molecular weight is 379 g/mol. The largest absolute Gasteiger partial charge is 0.340 e. The Morgan fingerprint density at radius 2 is 2.12 bits per heavy atom. The van der Waals surface area contributed by atoms with Crippen molar-refractivity contribution in [2.45, 2.75) is 30.8 Å². The van der Waals surface area contributed by atoms with Gasteiger partial charge in [-0.05, 0) is 36.9 Å². The number of carbonyl (C=O) groups is 3. The second kappa shape index (κ2) is 6.89. The Balaban J connectivity index is 0.00000196. The second-order valence-electron chi connectivity index (χ2n) is 7.04. The molecule has 1 aromatic carbocycles. The second-order valence-corrected chi connectivity index (χ2v) is 7.04. The van der Waals surface area contributed by atoms with Gasteiger partial charge in [0.25, 0.3) is 5.91 Å². The quantitative estimate of drug-likeness (QED) is 0.755. The number of nitrogens with zero attached hydrogens (tertiary/aromatic N) is 2. The number of hydrogen-bond donors (Lipinski definition) is 2. The summed E-state index contributed by atoms with van der Waals surface area (Å²) < 4.78 is 0. The fourth-order valence-corrected chi connectivity index (χ4v) is 4.15. The monoisotopic (exact) mass is 378 g/mol. The van der Waals surface area contributed by atoms with Crippen LogP contribution < -0.4 is 10.6 Å². The van der Waals surface area contributed by atoms with Gasteiger partial charge in [0.05, 0.1) is 0 Å². The molecular formula is C18H23ClN4O3. The van der Waals surface area contributed by atoms with E-state index in [0.717, 1.165) is 42.0 Å². The molecular weight excluding hydrogens is 356 g/mol. The molecule has 4 rings (SSSR count). The number of benzene rings is 1. The van der Waals surface area contributed by atoms with Gasteiger partial charge in [0.1, 0.15) is 12.1 Å². The zero-order chi connectivity index (χ0) is 17.6. The van der Waals surface area contributed by atoms with Gasteiger partial charge < -0.3 is 15.5 Å². The summed E-state index contributed by atoms with van der Waals surface area (Å²) in [5, 5.41) is 6.07. The highest BCUT2D eigenvalue weighted by Crippen LogP contribution is 2.41. The third kappa shape index (κ3) is 2.75. The zero-order valence-electron chi connectivity index (χ0n) is 14.7. The lowest BCUT2D eigenvalue weighted by Gasteiger charge is -2.26. The highest BCUT2D eigenvalue weighted by molar-refractivity contribution is 6.09. The minimum Gasteiger partial charge on any atom is -0.340 e. The number of halogens is 1. The lowest BCUT2D eigenvalue weighted by molar-refractivity contribution is -0.139. The van der Waals surface area contributed by atoms with E-state index in [1.807, 2.05) is 24.3 Å². The number of urea groups is 1. The van der Waals surface area contributed by atoms with Gasteiger partial charge in [0.2, 0.25) is 5.91 Å². The number of carbonyl (C=O) groups excluding carboxylic acids is 3. The Morgan fingerprint density at radius 1 is 1.35 bits per heavy atom. The molecule has 2 heterocycles. The first-order valence-electron chi connectivity index (χ1n) is 8.72. The molecule has 0 aromatic heterocycles. The van der Waals surface area contributed by atoms with Crippen LogP contribution in [0.3, 0.4) is 0 Å². The van der Waals surface area contributed by atoms with E-state index in [-0.39, 0.29) is 36.8 Å². The van der Waals surface area contributed by atoms with Crippen molar-refractivity contribution in [2.75, 3.05) is 26.7 Å². The third-order valence-electron chi connectivity index (χ3n) is 5.69. The van der Waals surface area contributed by atoms with Crippen LogP contribution in [0.1, 0.15) is 24.0 Å². The van der Waals surface area contributed by atoms with E-state index in [0.29, 0.717) is 6.42 Å². The molecule has 2 aliphatic heterocycles. The molecule has 2 N–H and O–H groups in total. The molecule has 140 valence electrons. The van der Waals surface area contributed by atoms with Crippen molar-refractivity contribution < 1.29 is 14.4 Å². The zero-order valence-corrected chi connectivity index (χ0v) is 15.5. The Bertz CT molecular complexity index is 750. The van der Waals surface area contributed by atoms with Gasteiger partial charge in [0, 0.05) is 19.6 Å². The number of hydrogen-bond acceptors (Lipinski definition) is 4. The number of likely N-dealkylation sites (N-methyl/N-ethyl adjacent to an activating group) is 1. The molecule has 2 atom stereocenters. The topological polar surface area (TPSA) is 81.8 Å². The molecule has 2 unspecified atom stereocenters. The third-order valence-corrected chi connectivity index (χ3v) is 5.69. The van der Waals surface area contributed by atoms with Gasteiger partial charge in [-0.25, -0.2) is 4.79 Å². The molecule has 2 fully saturated rings. The molecule has 0 radical (unpaired) electrons. The van der Waals surface area contributed by atoms with Gasteiger partial charge in [-0.1, -0.05) is 24.3 Å². The van der Waals surface area contributed by atoms with Crippen molar-refractivity contribution >= 4 is 30.3 Å². The average Bonchev–Trinajstić information content (AvgIpc) is 3.32. The van der Waals surface area contributed by atoms with Crippen LogP contribution >= 0.6 is 12.4 Å². The van der Waals surface area contributed by atoms with E-state index in [9.17, 15) is 14.4 Å². The summed E-state index contributed by atoms with van der Waals surface area (Å²) in [6.07, 6.45) is 2.18. The van der Waals surface area contributed by atoms with E-state index in [1.54, 1.807) is 11.9 Å². The van der Waals surface area contributed by atoms with E-state index in [1.165, 1.54) is 0 Å². The van der Waals surface area contributed by atoms with Crippen LogP contribution in [-0.4, -0.2) is 60.4 Å². The number of nitrogens with one attached hydrogen (secondary N) is 2. The van der Waals surface area contributed by atoms with Gasteiger partial charge in [-0.15, -0.1) is 12.4 Å². The predicted octanol–water partition coefficient (Wildman–Crippen LogP) is 0.622. The molecule has 1 aromatic rings. The first-order chi connectivity index (χ1) is 12.0. The van der Waals surface area contributed by atoms with Crippen molar-refractivity contribution in [2.24, 2.45) is 0 Å². The summed E-state index contributed by atoms with van der Waals surface area (Å²) in [6.45, 7) is 1.42. The van der Waals surface area contributed by atoms with E-state index in [2.05, 4.69) is 10.6 Å². The minimum absolute atomic E-state index is 0. The Morgan fingerprint density at radius 3 is 2.85 bits per heavy atom. The highest BCUT2D eigenvalue weighted by atomic mass is 35.5. The van der Waals surface area contributed by atoms with E-state index < -0.39 is 11.6 Å². The predicted molar refractivity (Wildman–Crippen MR) is 98.0 cm³/mol. The highest BCUT2D eigenvalue weighted by Gasteiger charge is 2.55. The standard InChI is InChI=1S/C18H22N4O3.ClH/c1-21(13-7-9-19-10-13)15(23)11-22-16(24)18(20-17(22)25)8-6-12-4-2-3-5-14(12)18;/h2-5,13,19H,6-11H2,1H3,(H,20,25);1H. The maximum absolute atomic E-state index is 13.0. The molecule has 1 aliphatic carbocycles. The summed E-state index contributed by atoms with van der Waals surface area (Å²) in [5.74, 6) is -0.519. The van der Waals surface area contributed by atoms with Crippen molar-refractivity contribution in [1.29, 1.82) is 0 Å². The van der Waals surface area contributed by atoms with Crippen LogP contribution in [0.25, 0.3) is 0 Å². The fourth-order valence-electron chi connectivity index (χ4n) is 4.15. The van der Waals surface area contributed by atoms with E-state index >= 15 is 0 Å². The molecule has 3 aliphatic rings. The lowest BCUT2D eigenvalue weighted by atomic mass is 9.92. The molecule has 0 bridgehead atoms. The Labute approximate surface area is 158 Å². The van der Waals surface area contributed by atoms with Gasteiger partial charge in [0.15, 0.2) is 0 Å². The van der Waals surface area contributed by atoms with Crippen LogP contribution in [0.4, 0.5) is 4.79 Å². The molecule has 1 spiro atoms. The SMILES string of the molecule is CN(C(=O)CN1C(=O)NC2(CCc3ccccc32)C1=O)C1CCNC1.Cl.